The molecule has 0 spiro atoms. The maximum absolute atomic E-state index is 4.42. The lowest BCUT2D eigenvalue weighted by atomic mass is 10.1. The standard InChI is InChI=1S/C13H20N4/c1-15-10-12(11-15)16-6-8-17(9-7-16)13-4-2-3-5-14-13/h2-5,12H,6-11H2,1H3. The van der Waals surface area contributed by atoms with Gasteiger partial charge in [-0.05, 0) is 19.2 Å². The maximum atomic E-state index is 4.42. The van der Waals surface area contributed by atoms with Crippen LogP contribution >= 0.6 is 0 Å². The monoisotopic (exact) mass is 232 g/mol. The largest absolute Gasteiger partial charge is 0.354 e. The van der Waals surface area contributed by atoms with Crippen LogP contribution in [0.2, 0.25) is 0 Å². The fourth-order valence-corrected chi connectivity index (χ4v) is 2.75. The Kier molecular flexibility index (Phi) is 2.99. The van der Waals surface area contributed by atoms with Crippen molar-refractivity contribution < 1.29 is 0 Å². The number of likely N-dealkylation sites (N-methyl/N-ethyl adjacent to an activating group) is 1. The molecule has 3 heterocycles. The minimum atomic E-state index is 0.797. The Hall–Kier alpha value is -1.13. The highest BCUT2D eigenvalue weighted by Gasteiger charge is 2.31. The minimum Gasteiger partial charge on any atom is -0.354 e. The summed E-state index contributed by atoms with van der Waals surface area (Å²) in [4.78, 5) is 11.8. The van der Waals surface area contributed by atoms with Crippen LogP contribution in [-0.4, -0.2) is 67.1 Å². The first-order valence-corrected chi connectivity index (χ1v) is 6.41. The zero-order valence-corrected chi connectivity index (χ0v) is 10.4. The Morgan fingerprint density at radius 1 is 1.12 bits per heavy atom. The highest BCUT2D eigenvalue weighted by molar-refractivity contribution is 5.38. The summed E-state index contributed by atoms with van der Waals surface area (Å²) in [7, 11) is 2.20. The van der Waals surface area contributed by atoms with E-state index in [1.807, 2.05) is 12.3 Å². The zero-order valence-electron chi connectivity index (χ0n) is 10.4. The average Bonchev–Trinajstić information content (AvgIpc) is 2.36. The molecule has 0 amide bonds. The molecule has 2 saturated heterocycles. The summed E-state index contributed by atoms with van der Waals surface area (Å²) in [5.74, 6) is 1.12. The van der Waals surface area contributed by atoms with E-state index in [0.29, 0.717) is 0 Å². The van der Waals surface area contributed by atoms with Crippen molar-refractivity contribution >= 4 is 5.82 Å². The normalized spacial score (nSPS) is 23.7. The van der Waals surface area contributed by atoms with Crippen LogP contribution in [0.5, 0.6) is 0 Å². The second-order valence-electron chi connectivity index (χ2n) is 5.09. The van der Waals surface area contributed by atoms with E-state index >= 15 is 0 Å². The van der Waals surface area contributed by atoms with Crippen LogP contribution in [0, 0.1) is 0 Å². The number of hydrogen-bond acceptors (Lipinski definition) is 4. The maximum Gasteiger partial charge on any atom is 0.128 e. The van der Waals surface area contributed by atoms with Gasteiger partial charge in [-0.15, -0.1) is 0 Å². The second kappa shape index (κ2) is 4.63. The van der Waals surface area contributed by atoms with E-state index in [-0.39, 0.29) is 0 Å². The second-order valence-corrected chi connectivity index (χ2v) is 5.09. The van der Waals surface area contributed by atoms with Gasteiger partial charge in [-0.2, -0.15) is 0 Å². The van der Waals surface area contributed by atoms with Gasteiger partial charge in [0.15, 0.2) is 0 Å². The Morgan fingerprint density at radius 3 is 2.47 bits per heavy atom. The number of piperazine rings is 1. The van der Waals surface area contributed by atoms with Gasteiger partial charge in [0.1, 0.15) is 5.82 Å². The molecular formula is C13H20N4. The molecular weight excluding hydrogens is 212 g/mol. The Morgan fingerprint density at radius 2 is 1.88 bits per heavy atom. The highest BCUT2D eigenvalue weighted by Crippen LogP contribution is 2.17. The summed E-state index contributed by atoms with van der Waals surface area (Å²) in [5, 5.41) is 0. The summed E-state index contributed by atoms with van der Waals surface area (Å²) < 4.78 is 0. The van der Waals surface area contributed by atoms with E-state index in [1.54, 1.807) is 0 Å². The molecule has 2 fully saturated rings. The molecule has 4 heteroatoms. The predicted molar refractivity (Wildman–Crippen MR) is 69.3 cm³/mol. The van der Waals surface area contributed by atoms with Crippen molar-refractivity contribution in [1.82, 2.24) is 14.8 Å². The molecule has 17 heavy (non-hydrogen) atoms. The van der Waals surface area contributed by atoms with E-state index in [2.05, 4.69) is 38.9 Å². The molecule has 2 aliphatic rings. The quantitative estimate of drug-likeness (QED) is 0.741. The fraction of sp³-hybridized carbons (Fsp3) is 0.615. The van der Waals surface area contributed by atoms with E-state index in [1.165, 1.54) is 26.2 Å². The van der Waals surface area contributed by atoms with Gasteiger partial charge >= 0.3 is 0 Å². The molecule has 0 aliphatic carbocycles. The summed E-state index contributed by atoms with van der Waals surface area (Å²) in [5.41, 5.74) is 0. The molecule has 0 bridgehead atoms. The predicted octanol–water partition coefficient (Wildman–Crippen LogP) is 0.518. The lowest BCUT2D eigenvalue weighted by molar-refractivity contribution is 0.0487. The molecule has 0 saturated carbocycles. The fourth-order valence-electron chi connectivity index (χ4n) is 2.75. The summed E-state index contributed by atoms with van der Waals surface area (Å²) in [6, 6.07) is 6.94. The molecule has 3 rings (SSSR count). The molecule has 0 unspecified atom stereocenters. The molecule has 1 aromatic heterocycles. The van der Waals surface area contributed by atoms with Gasteiger partial charge in [0.05, 0.1) is 0 Å². The van der Waals surface area contributed by atoms with Gasteiger partial charge in [0.25, 0.3) is 0 Å². The van der Waals surface area contributed by atoms with Crippen molar-refractivity contribution in [3.05, 3.63) is 24.4 Å². The van der Waals surface area contributed by atoms with Crippen molar-refractivity contribution in [2.24, 2.45) is 0 Å². The Balaban J connectivity index is 1.54. The molecule has 4 nitrogen and oxygen atoms in total. The molecule has 1 aromatic rings. The Bertz CT molecular complexity index is 353. The zero-order chi connectivity index (χ0) is 11.7. The molecule has 0 atom stereocenters. The number of likely N-dealkylation sites (tertiary alicyclic amines) is 1. The third-order valence-corrected chi connectivity index (χ3v) is 3.85. The SMILES string of the molecule is CN1CC(N2CCN(c3ccccn3)CC2)C1. The molecule has 0 radical (unpaired) electrons. The van der Waals surface area contributed by atoms with E-state index in [9.17, 15) is 0 Å². The first-order chi connectivity index (χ1) is 8.33. The van der Waals surface area contributed by atoms with Gasteiger partial charge in [-0.25, -0.2) is 4.98 Å². The van der Waals surface area contributed by atoms with Crippen molar-refractivity contribution in [2.75, 3.05) is 51.2 Å². The lowest BCUT2D eigenvalue weighted by Crippen LogP contribution is -2.62. The minimum absolute atomic E-state index is 0.797. The first kappa shape index (κ1) is 11.0. The van der Waals surface area contributed by atoms with E-state index in [0.717, 1.165) is 24.9 Å². The third-order valence-electron chi connectivity index (χ3n) is 3.85. The van der Waals surface area contributed by atoms with Crippen LogP contribution < -0.4 is 4.90 Å². The van der Waals surface area contributed by atoms with Gasteiger partial charge in [0, 0.05) is 51.5 Å². The van der Waals surface area contributed by atoms with Crippen molar-refractivity contribution in [2.45, 2.75) is 6.04 Å². The molecule has 0 aromatic carbocycles. The summed E-state index contributed by atoms with van der Waals surface area (Å²) >= 11 is 0. The van der Waals surface area contributed by atoms with E-state index in [4.69, 9.17) is 0 Å². The van der Waals surface area contributed by atoms with Gasteiger partial charge in [-0.3, -0.25) is 4.90 Å². The van der Waals surface area contributed by atoms with Crippen molar-refractivity contribution in [3.8, 4) is 0 Å². The Labute approximate surface area is 103 Å². The molecule has 2 aliphatic heterocycles. The van der Waals surface area contributed by atoms with Gasteiger partial charge in [0.2, 0.25) is 0 Å². The molecule has 92 valence electrons. The number of rotatable bonds is 2. The lowest BCUT2D eigenvalue weighted by Gasteiger charge is -2.47. The van der Waals surface area contributed by atoms with Crippen LogP contribution in [0.25, 0.3) is 0 Å². The summed E-state index contributed by atoms with van der Waals surface area (Å²) in [6.45, 7) is 7.05. The third kappa shape index (κ3) is 2.28. The number of aromatic nitrogens is 1. The van der Waals surface area contributed by atoms with Gasteiger partial charge in [-0.1, -0.05) is 6.07 Å². The van der Waals surface area contributed by atoms with Crippen LogP contribution in [-0.2, 0) is 0 Å². The van der Waals surface area contributed by atoms with Crippen LogP contribution in [0.1, 0.15) is 0 Å². The van der Waals surface area contributed by atoms with Crippen LogP contribution in [0.15, 0.2) is 24.4 Å². The first-order valence-electron chi connectivity index (χ1n) is 6.41. The van der Waals surface area contributed by atoms with Gasteiger partial charge < -0.3 is 9.80 Å². The highest BCUT2D eigenvalue weighted by atomic mass is 15.3. The molecule has 0 N–H and O–H groups in total. The number of anilines is 1. The van der Waals surface area contributed by atoms with Crippen molar-refractivity contribution in [1.29, 1.82) is 0 Å². The summed E-state index contributed by atoms with van der Waals surface area (Å²) in [6.07, 6.45) is 1.88. The average molecular weight is 232 g/mol. The van der Waals surface area contributed by atoms with Crippen LogP contribution in [0.4, 0.5) is 5.82 Å². The van der Waals surface area contributed by atoms with Crippen LogP contribution in [0.3, 0.4) is 0 Å². The van der Waals surface area contributed by atoms with E-state index < -0.39 is 0 Å². The number of nitrogens with zero attached hydrogens (tertiary/aromatic N) is 4. The number of hydrogen-bond donors (Lipinski definition) is 0. The van der Waals surface area contributed by atoms with Crippen molar-refractivity contribution in [3.63, 3.8) is 0 Å². The smallest absolute Gasteiger partial charge is 0.128 e. The topological polar surface area (TPSA) is 22.6 Å². The number of pyridine rings is 1.